The Hall–Kier alpha value is 0. The molecule has 358 valence electrons. The average molecular weight is 832 g/mol. The van der Waals surface area contributed by atoms with E-state index in [2.05, 4.69) is 48.5 Å². The normalized spacial score (nSPS) is 11.8. The molecule has 0 spiro atoms. The van der Waals surface area contributed by atoms with Gasteiger partial charge in [-0.05, 0) is 37.0 Å². The Balaban J connectivity index is 0. The molecule has 59 heavy (non-hydrogen) atoms. The van der Waals surface area contributed by atoms with Crippen LogP contribution in [0, 0.1) is 11.3 Å². The van der Waals surface area contributed by atoms with Crippen LogP contribution in [0.4, 0.5) is 0 Å². The summed E-state index contributed by atoms with van der Waals surface area (Å²) in [6, 6.07) is 0. The van der Waals surface area contributed by atoms with E-state index in [1.165, 1.54) is 321 Å². The summed E-state index contributed by atoms with van der Waals surface area (Å²) >= 11 is 0. The monoisotopic (exact) mass is 831 g/mol. The van der Waals surface area contributed by atoms with Crippen LogP contribution in [0.2, 0.25) is 0 Å². The van der Waals surface area contributed by atoms with E-state index in [4.69, 9.17) is 0 Å². The van der Waals surface area contributed by atoms with Crippen LogP contribution >= 0.6 is 0 Å². The molecule has 0 aliphatic heterocycles. The average Bonchev–Trinajstić information content (AvgIpc) is 3.24. The van der Waals surface area contributed by atoms with Crippen LogP contribution in [0.5, 0.6) is 0 Å². The van der Waals surface area contributed by atoms with Crippen molar-refractivity contribution in [3.05, 3.63) is 0 Å². The number of hydrogen-bond donors (Lipinski definition) is 0. The van der Waals surface area contributed by atoms with E-state index in [1.54, 1.807) is 0 Å². The van der Waals surface area contributed by atoms with E-state index < -0.39 is 0 Å². The predicted octanol–water partition coefficient (Wildman–Crippen LogP) is 23.2. The summed E-state index contributed by atoms with van der Waals surface area (Å²) < 4.78 is 0. The molecule has 0 aliphatic carbocycles. The summed E-state index contributed by atoms with van der Waals surface area (Å²) in [5, 5.41) is 0. The Morgan fingerprint density at radius 2 is 0.339 bits per heavy atom. The van der Waals surface area contributed by atoms with E-state index in [0.29, 0.717) is 5.41 Å². The molecule has 0 fully saturated rings. The molecule has 0 nitrogen and oxygen atoms in total. The van der Waals surface area contributed by atoms with E-state index in [0.717, 1.165) is 5.92 Å². The van der Waals surface area contributed by atoms with Gasteiger partial charge in [0.25, 0.3) is 0 Å². The lowest BCUT2D eigenvalue weighted by Gasteiger charge is -2.35. The molecular formula is C59H122. The minimum absolute atomic E-state index is 0.690. The molecule has 0 aromatic heterocycles. The molecule has 0 aliphatic rings. The van der Waals surface area contributed by atoms with Crippen molar-refractivity contribution in [2.24, 2.45) is 11.3 Å². The highest BCUT2D eigenvalue weighted by Crippen LogP contribution is 2.42. The molecular weight excluding hydrogens is 709 g/mol. The third-order valence-electron chi connectivity index (χ3n) is 14.4. The first-order chi connectivity index (χ1) is 29.1. The van der Waals surface area contributed by atoms with Crippen molar-refractivity contribution >= 4 is 0 Å². The minimum atomic E-state index is 0.690. The van der Waals surface area contributed by atoms with E-state index in [1.807, 2.05) is 0 Å². The van der Waals surface area contributed by atoms with Crippen LogP contribution in [0.3, 0.4) is 0 Å². The van der Waals surface area contributed by atoms with Crippen molar-refractivity contribution in [2.45, 2.75) is 370 Å². The van der Waals surface area contributed by atoms with Gasteiger partial charge in [-0.15, -0.1) is 0 Å². The summed E-state index contributed by atoms with van der Waals surface area (Å²) in [6.07, 6.45) is 73.5. The van der Waals surface area contributed by atoms with E-state index >= 15 is 0 Å². The maximum Gasteiger partial charge on any atom is -0.0297 e. The van der Waals surface area contributed by atoms with Gasteiger partial charge >= 0.3 is 0 Å². The van der Waals surface area contributed by atoms with Gasteiger partial charge in [-0.1, -0.05) is 344 Å². The van der Waals surface area contributed by atoms with Crippen molar-refractivity contribution in [1.82, 2.24) is 0 Å². The largest absolute Gasteiger partial charge is 0.0654 e. The van der Waals surface area contributed by atoms with Crippen molar-refractivity contribution in [3.8, 4) is 0 Å². The zero-order valence-corrected chi connectivity index (χ0v) is 43.4. The fraction of sp³-hybridized carbons (Fsp3) is 1.00. The molecule has 0 aromatic carbocycles. The lowest BCUT2D eigenvalue weighted by molar-refractivity contribution is 0.171. The minimum Gasteiger partial charge on any atom is -0.0654 e. The van der Waals surface area contributed by atoms with Crippen LogP contribution in [-0.4, -0.2) is 0 Å². The molecule has 0 atom stereocenters. The summed E-state index contributed by atoms with van der Waals surface area (Å²) in [6.45, 7) is 16.3. The summed E-state index contributed by atoms with van der Waals surface area (Å²) in [5.41, 5.74) is 0.690. The predicted molar refractivity (Wildman–Crippen MR) is 276 cm³/mol. The van der Waals surface area contributed by atoms with Crippen molar-refractivity contribution < 1.29 is 0 Å². The molecule has 0 radical (unpaired) electrons. The highest BCUT2D eigenvalue weighted by molar-refractivity contribution is 4.80. The van der Waals surface area contributed by atoms with Crippen LogP contribution < -0.4 is 0 Å². The van der Waals surface area contributed by atoms with Gasteiger partial charge in [0.1, 0.15) is 0 Å². The number of unbranched alkanes of at least 4 members (excludes halogenated alkanes) is 36. The molecule has 0 saturated carbocycles. The fourth-order valence-electron chi connectivity index (χ4n) is 10.1. The second kappa shape index (κ2) is 54.1. The van der Waals surface area contributed by atoms with Gasteiger partial charge in [0.15, 0.2) is 0 Å². The van der Waals surface area contributed by atoms with Crippen LogP contribution in [0.25, 0.3) is 0 Å². The third kappa shape index (κ3) is 48.9. The highest BCUT2D eigenvalue weighted by atomic mass is 14.3. The van der Waals surface area contributed by atoms with Gasteiger partial charge in [0.05, 0.1) is 0 Å². The molecule has 0 heterocycles. The Morgan fingerprint density at radius 3 is 0.525 bits per heavy atom. The zero-order chi connectivity index (χ0) is 43.4. The quantitative estimate of drug-likeness (QED) is 0.0536. The summed E-state index contributed by atoms with van der Waals surface area (Å²) in [4.78, 5) is 0. The topological polar surface area (TPSA) is 0 Å². The lowest BCUT2D eigenvalue weighted by Crippen LogP contribution is -2.21. The lowest BCUT2D eigenvalue weighted by atomic mass is 9.70. The Morgan fingerprint density at radius 1 is 0.186 bits per heavy atom. The number of rotatable bonds is 50. The molecule has 0 amide bonds. The van der Waals surface area contributed by atoms with Crippen LogP contribution in [0.1, 0.15) is 370 Å². The maximum absolute atomic E-state index is 2.34. The molecule has 0 N–H and O–H groups in total. The van der Waals surface area contributed by atoms with E-state index in [-0.39, 0.29) is 0 Å². The highest BCUT2D eigenvalue weighted by Gasteiger charge is 2.28. The molecule has 0 unspecified atom stereocenters. The maximum atomic E-state index is 2.34. The summed E-state index contributed by atoms with van der Waals surface area (Å²) in [7, 11) is 0. The van der Waals surface area contributed by atoms with Crippen molar-refractivity contribution in [2.75, 3.05) is 0 Å². The Bertz CT molecular complexity index is 642. The van der Waals surface area contributed by atoms with Gasteiger partial charge in [0.2, 0.25) is 0 Å². The van der Waals surface area contributed by atoms with Gasteiger partial charge in [-0.3, -0.25) is 0 Å². The van der Waals surface area contributed by atoms with Gasteiger partial charge in [-0.2, -0.15) is 0 Å². The number of hydrogen-bond acceptors (Lipinski definition) is 0. The van der Waals surface area contributed by atoms with Crippen LogP contribution in [-0.2, 0) is 0 Å². The molecule has 0 heteroatoms. The first kappa shape index (κ1) is 61.1. The Kier molecular flexibility index (Phi) is 56.1. The SMILES string of the molecule is CCCCCCCCC(CCCCCCC)(CCCCCCC)CCCCCCC.CCCCCCCCCCCCCCC(CCCCCCC)CCCCCCC. The second-order valence-electron chi connectivity index (χ2n) is 20.5. The first-order valence-electron chi connectivity index (χ1n) is 29.1. The standard InChI is InChI=1S/C30H62.C29H60/c1-5-9-13-17-21-25-29-30(26-22-18-14-10-6-2,27-23-19-15-11-7-3)28-24-20-16-12-8-4;1-4-7-10-13-14-15-16-17-18-19-22-25-28-29(26-23-20-11-8-5-2)27-24-21-12-9-6-3/h5-29H2,1-4H3;29H,4-28H2,1-3H3. The molecule has 0 aromatic rings. The first-order valence-corrected chi connectivity index (χ1v) is 29.1. The smallest absolute Gasteiger partial charge is 0.0297 e. The van der Waals surface area contributed by atoms with Gasteiger partial charge in [0, 0.05) is 0 Å². The zero-order valence-electron chi connectivity index (χ0n) is 43.4. The summed E-state index contributed by atoms with van der Waals surface area (Å²) in [5.74, 6) is 1.04. The molecule has 0 rings (SSSR count). The van der Waals surface area contributed by atoms with E-state index in [9.17, 15) is 0 Å². The van der Waals surface area contributed by atoms with Gasteiger partial charge in [-0.25, -0.2) is 0 Å². The molecule has 0 bridgehead atoms. The van der Waals surface area contributed by atoms with Crippen molar-refractivity contribution in [1.29, 1.82) is 0 Å². The Labute approximate surface area is 379 Å². The van der Waals surface area contributed by atoms with Crippen molar-refractivity contribution in [3.63, 3.8) is 0 Å². The van der Waals surface area contributed by atoms with Gasteiger partial charge < -0.3 is 0 Å². The fourth-order valence-corrected chi connectivity index (χ4v) is 10.1. The second-order valence-corrected chi connectivity index (χ2v) is 20.5. The van der Waals surface area contributed by atoms with Crippen LogP contribution in [0.15, 0.2) is 0 Å². The third-order valence-corrected chi connectivity index (χ3v) is 14.4. The molecule has 0 saturated heterocycles.